The average Bonchev–Trinajstić information content (AvgIpc) is 2.99. The summed E-state index contributed by atoms with van der Waals surface area (Å²) in [7, 11) is 0. The van der Waals surface area contributed by atoms with E-state index in [4.69, 9.17) is 5.84 Å². The summed E-state index contributed by atoms with van der Waals surface area (Å²) in [6, 6.07) is 12.5. The third-order valence-corrected chi connectivity index (χ3v) is 3.15. The molecule has 0 fully saturated rings. The van der Waals surface area contributed by atoms with Crippen molar-refractivity contribution in [3.05, 3.63) is 78.1 Å². The second-order valence-corrected chi connectivity index (χ2v) is 4.56. The Bertz CT molecular complexity index is 726. The van der Waals surface area contributed by atoms with Crippen LogP contribution in [0.3, 0.4) is 0 Å². The number of nitrogens with two attached hydrogens (primary N) is 1. The zero-order valence-corrected chi connectivity index (χ0v) is 11.1. The zero-order chi connectivity index (χ0) is 14.7. The molecule has 3 rings (SSSR count). The van der Waals surface area contributed by atoms with Gasteiger partial charge in [0.25, 0.3) is 0 Å². The second kappa shape index (κ2) is 5.82. The monoisotopic (exact) mass is 283 g/mol. The fourth-order valence-corrected chi connectivity index (χ4v) is 2.16. The minimum atomic E-state index is -0.418. The molecule has 0 amide bonds. The molecule has 0 aliphatic heterocycles. The Hall–Kier alpha value is -2.57. The number of pyridine rings is 1. The van der Waals surface area contributed by atoms with E-state index in [0.717, 1.165) is 11.9 Å². The van der Waals surface area contributed by atoms with Gasteiger partial charge in [0.15, 0.2) is 0 Å². The number of halogens is 1. The number of hydrazine groups is 1. The van der Waals surface area contributed by atoms with Gasteiger partial charge in [-0.15, -0.1) is 0 Å². The Balaban J connectivity index is 1.94. The molecule has 2 aromatic heterocycles. The molecule has 2 heterocycles. The van der Waals surface area contributed by atoms with Gasteiger partial charge in [0.2, 0.25) is 0 Å². The van der Waals surface area contributed by atoms with Gasteiger partial charge in [-0.25, -0.2) is 14.5 Å². The van der Waals surface area contributed by atoms with E-state index < -0.39 is 11.9 Å². The lowest BCUT2D eigenvalue weighted by Crippen LogP contribution is -2.29. The number of aromatic nitrogens is 3. The second-order valence-electron chi connectivity index (χ2n) is 4.56. The van der Waals surface area contributed by atoms with Crippen molar-refractivity contribution in [3.8, 4) is 5.69 Å². The van der Waals surface area contributed by atoms with Crippen molar-refractivity contribution in [3.63, 3.8) is 0 Å². The van der Waals surface area contributed by atoms with Gasteiger partial charge in [0, 0.05) is 12.4 Å². The lowest BCUT2D eigenvalue weighted by Gasteiger charge is -2.13. The third-order valence-electron chi connectivity index (χ3n) is 3.15. The average molecular weight is 283 g/mol. The van der Waals surface area contributed by atoms with Crippen LogP contribution in [0.5, 0.6) is 0 Å². The molecule has 1 aromatic carbocycles. The van der Waals surface area contributed by atoms with Crippen LogP contribution in [0.4, 0.5) is 4.39 Å². The molecule has 1 unspecified atom stereocenters. The number of nitrogens with zero attached hydrogens (tertiary/aromatic N) is 3. The molecular weight excluding hydrogens is 269 g/mol. The molecule has 106 valence electrons. The standard InChI is InChI=1S/C15H14FN5/c16-12-8-11(9-18-10-12)15(19-17)14-6-7-21(20-14)13-4-2-1-3-5-13/h1-10,15,19H,17H2. The fourth-order valence-electron chi connectivity index (χ4n) is 2.16. The van der Waals surface area contributed by atoms with E-state index in [0.29, 0.717) is 11.3 Å². The summed E-state index contributed by atoms with van der Waals surface area (Å²) in [5.41, 5.74) is 4.90. The van der Waals surface area contributed by atoms with Crippen LogP contribution in [0, 0.1) is 5.82 Å². The Labute approximate surface area is 121 Å². The number of rotatable bonds is 4. The quantitative estimate of drug-likeness (QED) is 0.567. The molecular formula is C15H14FN5. The zero-order valence-electron chi connectivity index (χ0n) is 11.1. The van der Waals surface area contributed by atoms with E-state index in [1.165, 1.54) is 6.07 Å². The van der Waals surface area contributed by atoms with E-state index >= 15 is 0 Å². The van der Waals surface area contributed by atoms with Crippen molar-refractivity contribution < 1.29 is 4.39 Å². The minimum absolute atomic E-state index is 0.407. The maximum Gasteiger partial charge on any atom is 0.141 e. The Morgan fingerprint density at radius 2 is 1.95 bits per heavy atom. The van der Waals surface area contributed by atoms with Crippen LogP contribution >= 0.6 is 0 Å². The van der Waals surface area contributed by atoms with Crippen molar-refractivity contribution in [1.29, 1.82) is 0 Å². The van der Waals surface area contributed by atoms with Crippen molar-refractivity contribution in [1.82, 2.24) is 20.2 Å². The van der Waals surface area contributed by atoms with E-state index in [9.17, 15) is 4.39 Å². The highest BCUT2D eigenvalue weighted by Gasteiger charge is 2.16. The SMILES string of the molecule is NNC(c1cncc(F)c1)c1ccn(-c2ccccc2)n1. The van der Waals surface area contributed by atoms with Gasteiger partial charge in [-0.05, 0) is 29.8 Å². The summed E-state index contributed by atoms with van der Waals surface area (Å²) in [5, 5.41) is 4.48. The van der Waals surface area contributed by atoms with E-state index in [-0.39, 0.29) is 0 Å². The van der Waals surface area contributed by atoms with Crippen LogP contribution in [0.2, 0.25) is 0 Å². The van der Waals surface area contributed by atoms with Crippen LogP contribution in [0.25, 0.3) is 5.69 Å². The first-order valence-electron chi connectivity index (χ1n) is 6.45. The number of hydrogen-bond acceptors (Lipinski definition) is 4. The molecule has 5 nitrogen and oxygen atoms in total. The van der Waals surface area contributed by atoms with Crippen molar-refractivity contribution in [2.75, 3.05) is 0 Å². The van der Waals surface area contributed by atoms with Gasteiger partial charge >= 0.3 is 0 Å². The van der Waals surface area contributed by atoms with Crippen LogP contribution < -0.4 is 11.3 Å². The van der Waals surface area contributed by atoms with Crippen molar-refractivity contribution in [2.24, 2.45) is 5.84 Å². The predicted octanol–water partition coefficient (Wildman–Crippen LogP) is 1.96. The summed E-state index contributed by atoms with van der Waals surface area (Å²) >= 11 is 0. The first-order chi connectivity index (χ1) is 10.3. The highest BCUT2D eigenvalue weighted by atomic mass is 19.1. The molecule has 0 bridgehead atoms. The summed E-state index contributed by atoms with van der Waals surface area (Å²) in [6.07, 6.45) is 4.55. The van der Waals surface area contributed by atoms with Crippen molar-refractivity contribution >= 4 is 0 Å². The maximum atomic E-state index is 13.3. The molecule has 6 heteroatoms. The molecule has 1 atom stereocenters. The number of para-hydroxylation sites is 1. The molecule has 3 aromatic rings. The molecule has 0 saturated heterocycles. The molecule has 3 N–H and O–H groups in total. The van der Waals surface area contributed by atoms with E-state index in [2.05, 4.69) is 15.5 Å². The lowest BCUT2D eigenvalue weighted by molar-refractivity contribution is 0.587. The van der Waals surface area contributed by atoms with Gasteiger partial charge in [-0.2, -0.15) is 5.10 Å². The molecule has 21 heavy (non-hydrogen) atoms. The molecule has 0 radical (unpaired) electrons. The number of benzene rings is 1. The molecule has 0 spiro atoms. The first kappa shape index (κ1) is 13.4. The van der Waals surface area contributed by atoms with E-state index in [1.54, 1.807) is 10.9 Å². The van der Waals surface area contributed by atoms with Crippen LogP contribution in [0.15, 0.2) is 61.1 Å². The summed E-state index contributed by atoms with van der Waals surface area (Å²) < 4.78 is 15.0. The summed E-state index contributed by atoms with van der Waals surface area (Å²) in [5.74, 6) is 5.18. The summed E-state index contributed by atoms with van der Waals surface area (Å²) in [4.78, 5) is 3.84. The van der Waals surface area contributed by atoms with E-state index in [1.807, 2.05) is 42.6 Å². The predicted molar refractivity (Wildman–Crippen MR) is 76.9 cm³/mol. The molecule has 0 saturated carbocycles. The Morgan fingerprint density at radius 3 is 2.67 bits per heavy atom. The van der Waals surface area contributed by atoms with Crippen LogP contribution in [-0.2, 0) is 0 Å². The van der Waals surface area contributed by atoms with Gasteiger partial charge in [0.05, 0.1) is 23.6 Å². The topological polar surface area (TPSA) is 68.8 Å². The number of hydrogen-bond donors (Lipinski definition) is 2. The van der Waals surface area contributed by atoms with Gasteiger partial charge in [-0.3, -0.25) is 10.8 Å². The van der Waals surface area contributed by atoms with Gasteiger partial charge in [-0.1, -0.05) is 18.2 Å². The lowest BCUT2D eigenvalue weighted by atomic mass is 10.1. The van der Waals surface area contributed by atoms with Crippen LogP contribution in [-0.4, -0.2) is 14.8 Å². The Morgan fingerprint density at radius 1 is 1.14 bits per heavy atom. The molecule has 0 aliphatic carbocycles. The largest absolute Gasteiger partial charge is 0.271 e. The van der Waals surface area contributed by atoms with Gasteiger partial charge < -0.3 is 0 Å². The van der Waals surface area contributed by atoms with Crippen molar-refractivity contribution in [2.45, 2.75) is 6.04 Å². The third kappa shape index (κ3) is 2.81. The van der Waals surface area contributed by atoms with Gasteiger partial charge in [0.1, 0.15) is 5.82 Å². The number of nitrogens with one attached hydrogen (secondary N) is 1. The molecule has 0 aliphatic rings. The van der Waals surface area contributed by atoms with Crippen LogP contribution in [0.1, 0.15) is 17.3 Å². The normalized spacial score (nSPS) is 12.3. The highest BCUT2D eigenvalue weighted by Crippen LogP contribution is 2.20. The minimum Gasteiger partial charge on any atom is -0.271 e. The fraction of sp³-hybridized carbons (Fsp3) is 0.0667. The smallest absolute Gasteiger partial charge is 0.141 e. The maximum absolute atomic E-state index is 13.3. The Kier molecular flexibility index (Phi) is 3.72. The summed E-state index contributed by atoms with van der Waals surface area (Å²) in [6.45, 7) is 0. The highest BCUT2D eigenvalue weighted by molar-refractivity contribution is 5.32. The first-order valence-corrected chi connectivity index (χ1v) is 6.45.